The van der Waals surface area contributed by atoms with Gasteiger partial charge in [0.15, 0.2) is 6.61 Å². The highest BCUT2D eigenvalue weighted by Gasteiger charge is 2.19. The van der Waals surface area contributed by atoms with Crippen molar-refractivity contribution in [2.75, 3.05) is 11.9 Å². The molecule has 7 nitrogen and oxygen atoms in total. The third kappa shape index (κ3) is 3.84. The number of anilines is 1. The smallest absolute Gasteiger partial charge is 0.265 e. The fraction of sp³-hybridized carbons (Fsp3) is 0.182. The van der Waals surface area contributed by atoms with Crippen LogP contribution < -0.4 is 10.1 Å². The fourth-order valence-corrected chi connectivity index (χ4v) is 3.36. The highest BCUT2D eigenvalue weighted by atomic mass is 19.1. The van der Waals surface area contributed by atoms with Crippen LogP contribution in [0.5, 0.6) is 5.88 Å². The molecule has 4 aromatic rings. The molecule has 0 bridgehead atoms. The van der Waals surface area contributed by atoms with Gasteiger partial charge >= 0.3 is 0 Å². The summed E-state index contributed by atoms with van der Waals surface area (Å²) in [4.78, 5) is 20.6. The Balaban J connectivity index is 1.57. The molecule has 0 unspecified atom stereocenters. The van der Waals surface area contributed by atoms with Gasteiger partial charge in [-0.05, 0) is 56.2 Å². The van der Waals surface area contributed by atoms with Crippen LogP contribution in [0, 0.1) is 26.6 Å². The highest BCUT2D eigenvalue weighted by molar-refractivity contribution is 5.95. The molecule has 2 aromatic carbocycles. The summed E-state index contributed by atoms with van der Waals surface area (Å²) in [6.45, 7) is 5.63. The molecule has 0 atom stereocenters. The normalized spacial score (nSPS) is 10.9. The second-order valence-electron chi connectivity index (χ2n) is 7.01. The van der Waals surface area contributed by atoms with E-state index in [-0.39, 0.29) is 29.9 Å². The molecule has 4 rings (SSSR count). The van der Waals surface area contributed by atoms with E-state index in [0.29, 0.717) is 16.6 Å². The summed E-state index contributed by atoms with van der Waals surface area (Å²) in [5.41, 5.74) is 5.08. The average Bonchev–Trinajstić information content (AvgIpc) is 3.14. The first-order valence-electron chi connectivity index (χ1n) is 9.29. The van der Waals surface area contributed by atoms with Crippen LogP contribution in [-0.2, 0) is 4.79 Å². The first-order valence-corrected chi connectivity index (χ1v) is 9.29. The van der Waals surface area contributed by atoms with Gasteiger partial charge < -0.3 is 14.6 Å². The van der Waals surface area contributed by atoms with Crippen LogP contribution in [0.15, 0.2) is 47.2 Å². The van der Waals surface area contributed by atoms with Gasteiger partial charge in [0, 0.05) is 11.3 Å². The zero-order chi connectivity index (χ0) is 21.3. The number of benzene rings is 2. The van der Waals surface area contributed by atoms with Gasteiger partial charge in [-0.3, -0.25) is 4.79 Å². The number of aromatic nitrogens is 3. The summed E-state index contributed by atoms with van der Waals surface area (Å²) in [7, 11) is 0. The molecule has 0 saturated carbocycles. The van der Waals surface area contributed by atoms with Gasteiger partial charge in [0.05, 0.1) is 0 Å². The molecule has 0 fully saturated rings. The minimum atomic E-state index is -0.363. The monoisotopic (exact) mass is 406 g/mol. The Hall–Kier alpha value is -3.81. The van der Waals surface area contributed by atoms with E-state index in [9.17, 15) is 9.18 Å². The number of nitrogens with zero attached hydrogens (tertiary/aromatic N) is 3. The maximum atomic E-state index is 13.3. The third-order valence-corrected chi connectivity index (χ3v) is 4.64. The summed E-state index contributed by atoms with van der Waals surface area (Å²) < 4.78 is 24.2. The van der Waals surface area contributed by atoms with Crippen LogP contribution in [0.1, 0.15) is 16.7 Å². The van der Waals surface area contributed by atoms with Gasteiger partial charge in [-0.25, -0.2) is 9.37 Å². The van der Waals surface area contributed by atoms with Gasteiger partial charge in [0.25, 0.3) is 11.6 Å². The highest BCUT2D eigenvalue weighted by Crippen LogP contribution is 2.32. The number of nitrogens with one attached hydrogen (secondary N) is 1. The average molecular weight is 406 g/mol. The summed E-state index contributed by atoms with van der Waals surface area (Å²) in [5, 5.41) is 7.30. The Bertz CT molecular complexity index is 1210. The van der Waals surface area contributed by atoms with Crippen molar-refractivity contribution in [3.63, 3.8) is 0 Å². The lowest BCUT2D eigenvalue weighted by Gasteiger charge is -2.13. The largest absolute Gasteiger partial charge is 0.467 e. The molecular weight excluding hydrogens is 387 g/mol. The molecule has 0 spiro atoms. The second-order valence-corrected chi connectivity index (χ2v) is 7.01. The molecule has 0 radical (unpaired) electrons. The molecule has 1 N–H and O–H groups in total. The minimum absolute atomic E-state index is 0.160. The number of carbonyl (C=O) groups is 1. The zero-order valence-corrected chi connectivity index (χ0v) is 16.7. The van der Waals surface area contributed by atoms with Crippen molar-refractivity contribution in [3.05, 3.63) is 65.2 Å². The lowest BCUT2D eigenvalue weighted by Crippen LogP contribution is -2.21. The molecule has 30 heavy (non-hydrogen) atoms. The molecule has 2 aromatic heterocycles. The quantitative estimate of drug-likeness (QED) is 0.529. The van der Waals surface area contributed by atoms with Crippen LogP contribution in [0.25, 0.3) is 22.4 Å². The minimum Gasteiger partial charge on any atom is -0.467 e. The summed E-state index contributed by atoms with van der Waals surface area (Å²) in [6, 6.07) is 9.78. The molecule has 2 heterocycles. The van der Waals surface area contributed by atoms with Gasteiger partial charge in [-0.15, -0.1) is 0 Å². The molecule has 8 heteroatoms. The molecule has 1 amide bonds. The predicted octanol–water partition coefficient (Wildman–Crippen LogP) is 4.37. The van der Waals surface area contributed by atoms with E-state index in [0.717, 1.165) is 22.4 Å². The first-order chi connectivity index (χ1) is 14.4. The van der Waals surface area contributed by atoms with Crippen molar-refractivity contribution in [2.24, 2.45) is 0 Å². The van der Waals surface area contributed by atoms with E-state index in [1.807, 2.05) is 32.9 Å². The number of hydrogen-bond donors (Lipinski definition) is 1. The van der Waals surface area contributed by atoms with Gasteiger partial charge in [-0.1, -0.05) is 22.9 Å². The summed E-state index contributed by atoms with van der Waals surface area (Å²) in [5.74, 6) is -0.526. The first kappa shape index (κ1) is 19.5. The van der Waals surface area contributed by atoms with Crippen LogP contribution in [0.3, 0.4) is 0 Å². The van der Waals surface area contributed by atoms with Crippen molar-refractivity contribution in [1.29, 1.82) is 0 Å². The predicted molar refractivity (Wildman–Crippen MR) is 110 cm³/mol. The van der Waals surface area contributed by atoms with Crippen LogP contribution >= 0.6 is 0 Å². The van der Waals surface area contributed by atoms with Crippen molar-refractivity contribution >= 4 is 22.7 Å². The van der Waals surface area contributed by atoms with Gasteiger partial charge in [0.1, 0.15) is 23.2 Å². The molecule has 0 saturated heterocycles. The molecule has 0 aliphatic carbocycles. The van der Waals surface area contributed by atoms with Crippen LogP contribution in [-0.4, -0.2) is 27.6 Å². The topological polar surface area (TPSA) is 90.1 Å². The lowest BCUT2D eigenvalue weighted by atomic mass is 10.1. The van der Waals surface area contributed by atoms with Crippen molar-refractivity contribution in [3.8, 4) is 17.1 Å². The van der Waals surface area contributed by atoms with Crippen molar-refractivity contribution in [2.45, 2.75) is 20.8 Å². The number of carbonyl (C=O) groups excluding carboxylic acids is 1. The Labute approximate surface area is 171 Å². The fourth-order valence-electron chi connectivity index (χ4n) is 3.36. The van der Waals surface area contributed by atoms with E-state index >= 15 is 0 Å². The number of fused-ring (bicyclic) bond motifs is 1. The lowest BCUT2D eigenvalue weighted by molar-refractivity contribution is -0.118. The maximum absolute atomic E-state index is 13.3. The Kier molecular flexibility index (Phi) is 5.14. The number of halogens is 1. The van der Waals surface area contributed by atoms with E-state index in [1.54, 1.807) is 12.1 Å². The Morgan fingerprint density at radius 3 is 2.50 bits per heavy atom. The van der Waals surface area contributed by atoms with Crippen LogP contribution in [0.4, 0.5) is 10.1 Å². The van der Waals surface area contributed by atoms with Gasteiger partial charge in [-0.2, -0.15) is 4.98 Å². The third-order valence-electron chi connectivity index (χ3n) is 4.64. The number of amides is 1. The van der Waals surface area contributed by atoms with Crippen molar-refractivity contribution in [1.82, 2.24) is 15.1 Å². The number of ether oxygens (including phenoxy) is 1. The summed E-state index contributed by atoms with van der Waals surface area (Å²) in [6.07, 6.45) is 1.27. The number of aryl methyl sites for hydroxylation is 3. The van der Waals surface area contributed by atoms with Crippen LogP contribution in [0.2, 0.25) is 0 Å². The number of hydrogen-bond acceptors (Lipinski definition) is 6. The van der Waals surface area contributed by atoms with E-state index < -0.39 is 0 Å². The van der Waals surface area contributed by atoms with Gasteiger partial charge in [0.2, 0.25) is 5.88 Å². The van der Waals surface area contributed by atoms with Crippen molar-refractivity contribution < 1.29 is 18.4 Å². The summed E-state index contributed by atoms with van der Waals surface area (Å²) >= 11 is 0. The number of rotatable bonds is 5. The zero-order valence-electron chi connectivity index (χ0n) is 16.7. The molecule has 0 aliphatic heterocycles. The molecule has 152 valence electrons. The Morgan fingerprint density at radius 1 is 1.10 bits per heavy atom. The standard InChI is InChI=1S/C22H19FN4O3/c1-12-8-13(2)19(14(3)9-12)26-17(28)10-29-21-18-20(15-4-6-16(23)7-5-15)27-30-22(18)25-11-24-21/h4-9,11H,10H2,1-3H3,(H,26,28). The van der Waals surface area contributed by atoms with E-state index in [4.69, 9.17) is 9.26 Å². The SMILES string of the molecule is Cc1cc(C)c(NC(=O)COc2ncnc3onc(-c4ccc(F)cc4)c23)c(C)c1. The van der Waals surface area contributed by atoms with E-state index in [2.05, 4.69) is 20.4 Å². The van der Waals surface area contributed by atoms with E-state index in [1.165, 1.54) is 18.5 Å². The Morgan fingerprint density at radius 2 is 1.80 bits per heavy atom. The molecular formula is C22H19FN4O3. The molecule has 0 aliphatic rings. The second kappa shape index (κ2) is 7.90. The maximum Gasteiger partial charge on any atom is 0.265 e.